The number of aliphatic carboxylic acids is 2. The summed E-state index contributed by atoms with van der Waals surface area (Å²) in [5.74, 6) is -3.73. The van der Waals surface area contributed by atoms with Gasteiger partial charge < -0.3 is 26.2 Å². The summed E-state index contributed by atoms with van der Waals surface area (Å²) < 4.78 is 0. The number of thiol groups is 1. The third-order valence-corrected chi connectivity index (χ3v) is 3.71. The molecule has 1 fully saturated rings. The Morgan fingerprint density at radius 3 is 2.45 bits per heavy atom. The Morgan fingerprint density at radius 1 is 1.32 bits per heavy atom. The lowest BCUT2D eigenvalue weighted by Crippen LogP contribution is -2.55. The van der Waals surface area contributed by atoms with Crippen LogP contribution in [0.15, 0.2) is 0 Å². The Kier molecular flexibility index (Phi) is 6.62. The Morgan fingerprint density at radius 2 is 1.95 bits per heavy atom. The minimum absolute atomic E-state index is 0.0484. The summed E-state index contributed by atoms with van der Waals surface area (Å²) in [7, 11) is 0. The van der Waals surface area contributed by atoms with Crippen LogP contribution in [0.1, 0.15) is 19.3 Å². The summed E-state index contributed by atoms with van der Waals surface area (Å²) in [6, 6.07) is -3.25. The van der Waals surface area contributed by atoms with Crippen LogP contribution in [-0.2, 0) is 19.2 Å². The number of nitrogens with two attached hydrogens (primary N) is 1. The topological polar surface area (TPSA) is 150 Å². The van der Waals surface area contributed by atoms with Gasteiger partial charge in [0.1, 0.15) is 12.1 Å². The fourth-order valence-electron chi connectivity index (χ4n) is 2.23. The lowest BCUT2D eigenvalue weighted by Gasteiger charge is -2.27. The van der Waals surface area contributed by atoms with Crippen LogP contribution >= 0.6 is 12.6 Å². The van der Waals surface area contributed by atoms with E-state index in [0.29, 0.717) is 12.8 Å². The molecule has 2 amide bonds. The van der Waals surface area contributed by atoms with Gasteiger partial charge in [0.2, 0.25) is 11.8 Å². The van der Waals surface area contributed by atoms with Gasteiger partial charge in [-0.3, -0.25) is 14.4 Å². The zero-order valence-electron chi connectivity index (χ0n) is 11.8. The van der Waals surface area contributed by atoms with E-state index in [9.17, 15) is 19.2 Å². The Balaban J connectivity index is 2.70. The lowest BCUT2D eigenvalue weighted by molar-refractivity contribution is -0.149. The van der Waals surface area contributed by atoms with Gasteiger partial charge in [-0.1, -0.05) is 0 Å². The highest BCUT2D eigenvalue weighted by molar-refractivity contribution is 7.80. The molecule has 124 valence electrons. The maximum atomic E-state index is 12.3. The van der Waals surface area contributed by atoms with Crippen LogP contribution in [0.3, 0.4) is 0 Å². The molecule has 22 heavy (non-hydrogen) atoms. The van der Waals surface area contributed by atoms with Crippen molar-refractivity contribution in [1.82, 2.24) is 10.2 Å². The smallest absolute Gasteiger partial charge is 0.326 e. The third-order valence-electron chi connectivity index (χ3n) is 3.35. The van der Waals surface area contributed by atoms with Crippen LogP contribution in [0.5, 0.6) is 0 Å². The molecule has 1 heterocycles. The predicted molar refractivity (Wildman–Crippen MR) is 78.4 cm³/mol. The molecule has 1 aliphatic rings. The first-order chi connectivity index (χ1) is 10.3. The van der Waals surface area contributed by atoms with Gasteiger partial charge in [-0.05, 0) is 12.8 Å². The van der Waals surface area contributed by atoms with Crippen molar-refractivity contribution >= 4 is 36.4 Å². The highest BCUT2D eigenvalue weighted by Gasteiger charge is 2.37. The molecule has 1 aliphatic heterocycles. The van der Waals surface area contributed by atoms with Gasteiger partial charge in [0.05, 0.1) is 12.5 Å². The van der Waals surface area contributed by atoms with Crippen molar-refractivity contribution in [3.63, 3.8) is 0 Å². The minimum Gasteiger partial charge on any atom is -0.481 e. The molecule has 0 bridgehead atoms. The largest absolute Gasteiger partial charge is 0.481 e. The number of carboxylic acids is 2. The van der Waals surface area contributed by atoms with Gasteiger partial charge in [-0.2, -0.15) is 12.6 Å². The van der Waals surface area contributed by atoms with Crippen LogP contribution in [0.25, 0.3) is 0 Å². The van der Waals surface area contributed by atoms with E-state index in [0.717, 1.165) is 0 Å². The van der Waals surface area contributed by atoms with Gasteiger partial charge in [-0.25, -0.2) is 4.79 Å². The van der Waals surface area contributed by atoms with E-state index in [-0.39, 0.29) is 12.3 Å². The highest BCUT2D eigenvalue weighted by Crippen LogP contribution is 2.18. The summed E-state index contributed by atoms with van der Waals surface area (Å²) in [5, 5.41) is 20.0. The van der Waals surface area contributed by atoms with E-state index in [1.807, 2.05) is 0 Å². The molecule has 0 aromatic heterocycles. The molecule has 9 nitrogen and oxygen atoms in total. The number of likely N-dealkylation sites (tertiary alicyclic amines) is 1. The average molecular weight is 333 g/mol. The Hall–Kier alpha value is -1.81. The average Bonchev–Trinajstić information content (AvgIpc) is 2.92. The van der Waals surface area contributed by atoms with E-state index in [1.165, 1.54) is 4.90 Å². The summed E-state index contributed by atoms with van der Waals surface area (Å²) in [4.78, 5) is 46.9. The molecule has 0 aromatic carbocycles. The highest BCUT2D eigenvalue weighted by atomic mass is 32.1. The zero-order chi connectivity index (χ0) is 16.9. The number of amides is 2. The van der Waals surface area contributed by atoms with Gasteiger partial charge in [0, 0.05) is 12.3 Å². The van der Waals surface area contributed by atoms with E-state index >= 15 is 0 Å². The second-order valence-electron chi connectivity index (χ2n) is 4.98. The first-order valence-corrected chi connectivity index (χ1v) is 7.33. The van der Waals surface area contributed by atoms with E-state index in [2.05, 4.69) is 17.9 Å². The molecule has 3 atom stereocenters. The second kappa shape index (κ2) is 7.99. The first kappa shape index (κ1) is 18.2. The van der Waals surface area contributed by atoms with Gasteiger partial charge in [0.25, 0.3) is 0 Å². The maximum Gasteiger partial charge on any atom is 0.326 e. The molecule has 10 heteroatoms. The van der Waals surface area contributed by atoms with Crippen molar-refractivity contribution in [3.8, 4) is 0 Å². The van der Waals surface area contributed by atoms with Gasteiger partial charge >= 0.3 is 11.9 Å². The van der Waals surface area contributed by atoms with Gasteiger partial charge in [-0.15, -0.1) is 0 Å². The van der Waals surface area contributed by atoms with Crippen LogP contribution < -0.4 is 11.1 Å². The fraction of sp³-hybridized carbons (Fsp3) is 0.667. The Labute approximate surface area is 132 Å². The van der Waals surface area contributed by atoms with E-state index < -0.39 is 48.3 Å². The SMILES string of the molecule is NC(CC(=O)O)C(=O)NC(CS)C(=O)N1CCCC1C(=O)O. The Bertz CT molecular complexity index is 472. The first-order valence-electron chi connectivity index (χ1n) is 6.69. The quantitative estimate of drug-likeness (QED) is 0.348. The van der Waals surface area contributed by atoms with Crippen molar-refractivity contribution in [3.05, 3.63) is 0 Å². The summed E-state index contributed by atoms with van der Waals surface area (Å²) in [6.45, 7) is 0.289. The third kappa shape index (κ3) is 4.60. The molecule has 1 saturated heterocycles. The van der Waals surface area contributed by atoms with E-state index in [4.69, 9.17) is 15.9 Å². The van der Waals surface area contributed by atoms with Crippen molar-refractivity contribution in [2.45, 2.75) is 37.4 Å². The molecule has 5 N–H and O–H groups in total. The van der Waals surface area contributed by atoms with Crippen molar-refractivity contribution in [2.75, 3.05) is 12.3 Å². The maximum absolute atomic E-state index is 12.3. The zero-order valence-corrected chi connectivity index (χ0v) is 12.7. The number of rotatable bonds is 7. The van der Waals surface area contributed by atoms with Crippen LogP contribution in [-0.4, -0.2) is 69.3 Å². The molecule has 0 radical (unpaired) electrons. The fourth-order valence-corrected chi connectivity index (χ4v) is 2.48. The molecule has 0 spiro atoms. The standard InChI is InChI=1S/C12H19N3O6S/c13-6(4-9(16)17)10(18)14-7(5-22)11(19)15-3-1-2-8(15)12(20)21/h6-8,22H,1-5,13H2,(H,14,18)(H,16,17)(H,20,21). The molecule has 1 rings (SSSR count). The predicted octanol–water partition coefficient (Wildman–Crippen LogP) is -1.72. The van der Waals surface area contributed by atoms with Crippen LogP contribution in [0, 0.1) is 0 Å². The minimum atomic E-state index is -1.29. The summed E-state index contributed by atoms with van der Waals surface area (Å²) in [5.41, 5.74) is 5.41. The molecule has 3 unspecified atom stereocenters. The number of carbonyl (C=O) groups excluding carboxylic acids is 2. The molecule has 0 aromatic rings. The molecule has 0 saturated carbocycles. The number of nitrogens with zero attached hydrogens (tertiary/aromatic N) is 1. The number of nitrogens with one attached hydrogen (secondary N) is 1. The number of carboxylic acid groups (broad SMARTS) is 2. The molecular formula is C12H19N3O6S. The van der Waals surface area contributed by atoms with Crippen LogP contribution in [0.4, 0.5) is 0 Å². The van der Waals surface area contributed by atoms with Gasteiger partial charge in [0.15, 0.2) is 0 Å². The number of hydrogen-bond acceptors (Lipinski definition) is 6. The summed E-state index contributed by atoms with van der Waals surface area (Å²) >= 11 is 3.98. The monoisotopic (exact) mass is 333 g/mol. The lowest BCUT2D eigenvalue weighted by atomic mass is 10.1. The van der Waals surface area contributed by atoms with Crippen molar-refractivity contribution in [2.24, 2.45) is 5.73 Å². The molecular weight excluding hydrogens is 314 g/mol. The number of carbonyl (C=O) groups is 4. The normalized spacial score (nSPS) is 20.3. The second-order valence-corrected chi connectivity index (χ2v) is 5.34. The summed E-state index contributed by atoms with van der Waals surface area (Å²) in [6.07, 6.45) is 0.349. The van der Waals surface area contributed by atoms with E-state index in [1.54, 1.807) is 0 Å². The van der Waals surface area contributed by atoms with Crippen LogP contribution in [0.2, 0.25) is 0 Å². The number of hydrogen-bond donors (Lipinski definition) is 5. The van der Waals surface area contributed by atoms with Crippen molar-refractivity contribution < 1.29 is 29.4 Å². The van der Waals surface area contributed by atoms with Crippen molar-refractivity contribution in [1.29, 1.82) is 0 Å². The molecule has 0 aliphatic carbocycles.